The molecule has 4 nitrogen and oxygen atoms in total. The minimum Gasteiger partial charge on any atom is -0.274 e. The molecule has 1 aromatic heterocycles. The van der Waals surface area contributed by atoms with Crippen LogP contribution in [0.4, 0.5) is 5.69 Å². The van der Waals surface area contributed by atoms with E-state index in [-0.39, 0.29) is 24.2 Å². The molecule has 3 aromatic rings. The molecule has 4 rings (SSSR count). The Balaban J connectivity index is 1.62. The van der Waals surface area contributed by atoms with Gasteiger partial charge in [-0.05, 0) is 50.1 Å². The lowest BCUT2D eigenvalue weighted by molar-refractivity contribution is -0.122. The number of aryl methyl sites for hydroxylation is 2. The molecule has 0 aliphatic carbocycles. The van der Waals surface area contributed by atoms with E-state index in [0.29, 0.717) is 12.1 Å². The van der Waals surface area contributed by atoms with Crippen molar-refractivity contribution in [2.45, 2.75) is 26.7 Å². The molecule has 2 heterocycles. The molecule has 0 saturated carbocycles. The van der Waals surface area contributed by atoms with E-state index in [2.05, 4.69) is 23.2 Å². The predicted molar refractivity (Wildman–Crippen MR) is 102 cm³/mol. The van der Waals surface area contributed by atoms with Crippen LogP contribution in [0.5, 0.6) is 0 Å². The zero-order valence-corrected chi connectivity index (χ0v) is 14.9. The average Bonchev–Trinajstić information content (AvgIpc) is 2.87. The van der Waals surface area contributed by atoms with Crippen molar-refractivity contribution in [3.63, 3.8) is 0 Å². The summed E-state index contributed by atoms with van der Waals surface area (Å²) in [4.78, 5) is 31.1. The van der Waals surface area contributed by atoms with E-state index in [1.54, 1.807) is 12.3 Å². The minimum absolute atomic E-state index is 0.114. The summed E-state index contributed by atoms with van der Waals surface area (Å²) in [6, 6.07) is 15.6. The Hall–Kier alpha value is -3.01. The molecule has 1 fully saturated rings. The summed E-state index contributed by atoms with van der Waals surface area (Å²) in [5.74, 6) is -0.543. The fraction of sp³-hybridized carbons (Fsp3) is 0.227. The highest BCUT2D eigenvalue weighted by Crippen LogP contribution is 2.30. The van der Waals surface area contributed by atoms with Gasteiger partial charge in [0.25, 0.3) is 0 Å². The van der Waals surface area contributed by atoms with Crippen LogP contribution >= 0.6 is 0 Å². The molecule has 0 unspecified atom stereocenters. The Bertz CT molecular complexity index is 1010. The minimum atomic E-state index is -0.298. The standard InChI is InChI=1S/C22H20N2O2/c1-14-8-15(2)10-16(9-14)11-18-13-21(25)24(22(18)26)19-5-6-20-17(12-19)4-3-7-23-20/h3-10,12,18H,11,13H2,1-2H3/t18-/m1/s1. The molecule has 4 heteroatoms. The van der Waals surface area contributed by atoms with Gasteiger partial charge in [0.05, 0.1) is 17.1 Å². The summed E-state index contributed by atoms with van der Waals surface area (Å²) in [7, 11) is 0. The van der Waals surface area contributed by atoms with E-state index in [1.807, 2.05) is 38.1 Å². The third kappa shape index (κ3) is 2.99. The van der Waals surface area contributed by atoms with Gasteiger partial charge >= 0.3 is 0 Å². The van der Waals surface area contributed by atoms with Gasteiger partial charge in [0.1, 0.15) is 0 Å². The van der Waals surface area contributed by atoms with Gasteiger partial charge < -0.3 is 0 Å². The second kappa shape index (κ2) is 6.37. The molecule has 130 valence electrons. The zero-order valence-electron chi connectivity index (χ0n) is 14.9. The number of amides is 2. The summed E-state index contributed by atoms with van der Waals surface area (Å²) in [5, 5.41) is 0.920. The van der Waals surface area contributed by atoms with Gasteiger partial charge in [-0.15, -0.1) is 0 Å². The molecular formula is C22H20N2O2. The third-order valence-corrected chi connectivity index (χ3v) is 4.85. The number of aromatic nitrogens is 1. The maximum absolute atomic E-state index is 12.9. The number of imide groups is 1. The topological polar surface area (TPSA) is 50.3 Å². The molecule has 1 aliphatic heterocycles. The van der Waals surface area contributed by atoms with E-state index < -0.39 is 0 Å². The predicted octanol–water partition coefficient (Wildman–Crippen LogP) is 3.97. The van der Waals surface area contributed by atoms with Crippen LogP contribution in [0.25, 0.3) is 10.9 Å². The first-order chi connectivity index (χ1) is 12.5. The second-order valence-electron chi connectivity index (χ2n) is 7.05. The normalized spacial score (nSPS) is 17.3. The van der Waals surface area contributed by atoms with Crippen LogP contribution in [0.15, 0.2) is 54.7 Å². The molecule has 1 saturated heterocycles. The molecule has 1 aliphatic rings. The maximum atomic E-state index is 12.9. The molecule has 1 atom stereocenters. The molecule has 0 spiro atoms. The number of pyridine rings is 1. The number of nitrogens with zero attached hydrogens (tertiary/aromatic N) is 2. The lowest BCUT2D eigenvalue weighted by Crippen LogP contribution is -2.30. The van der Waals surface area contributed by atoms with E-state index >= 15 is 0 Å². The highest BCUT2D eigenvalue weighted by atomic mass is 16.2. The third-order valence-electron chi connectivity index (χ3n) is 4.85. The Morgan fingerprint density at radius 2 is 1.81 bits per heavy atom. The molecule has 0 N–H and O–H groups in total. The number of hydrogen-bond donors (Lipinski definition) is 0. The quantitative estimate of drug-likeness (QED) is 0.676. The van der Waals surface area contributed by atoms with Crippen LogP contribution in [0.3, 0.4) is 0 Å². The van der Waals surface area contributed by atoms with Crippen molar-refractivity contribution in [2.24, 2.45) is 5.92 Å². The van der Waals surface area contributed by atoms with E-state index in [4.69, 9.17) is 0 Å². The Labute approximate surface area is 152 Å². The average molecular weight is 344 g/mol. The summed E-state index contributed by atoms with van der Waals surface area (Å²) in [6.45, 7) is 4.10. The highest BCUT2D eigenvalue weighted by molar-refractivity contribution is 6.21. The van der Waals surface area contributed by atoms with E-state index in [0.717, 1.165) is 16.5 Å². The van der Waals surface area contributed by atoms with Gasteiger partial charge in [-0.2, -0.15) is 0 Å². The van der Waals surface area contributed by atoms with Crippen molar-refractivity contribution in [3.05, 3.63) is 71.4 Å². The fourth-order valence-electron chi connectivity index (χ4n) is 3.80. The second-order valence-corrected chi connectivity index (χ2v) is 7.05. The van der Waals surface area contributed by atoms with Crippen LogP contribution in [-0.2, 0) is 16.0 Å². The van der Waals surface area contributed by atoms with E-state index in [1.165, 1.54) is 16.0 Å². The zero-order chi connectivity index (χ0) is 18.3. The van der Waals surface area contributed by atoms with Crippen molar-refractivity contribution in [3.8, 4) is 0 Å². The van der Waals surface area contributed by atoms with Crippen molar-refractivity contribution in [1.29, 1.82) is 0 Å². The number of benzene rings is 2. The number of hydrogen-bond acceptors (Lipinski definition) is 3. The van der Waals surface area contributed by atoms with Gasteiger partial charge in [0, 0.05) is 18.0 Å². The highest BCUT2D eigenvalue weighted by Gasteiger charge is 2.39. The summed E-state index contributed by atoms with van der Waals surface area (Å²) >= 11 is 0. The monoisotopic (exact) mass is 344 g/mol. The first kappa shape index (κ1) is 16.5. The van der Waals surface area contributed by atoms with Gasteiger partial charge in [0.2, 0.25) is 11.8 Å². The van der Waals surface area contributed by atoms with Crippen LogP contribution < -0.4 is 4.90 Å². The van der Waals surface area contributed by atoms with Crippen molar-refractivity contribution >= 4 is 28.4 Å². The largest absolute Gasteiger partial charge is 0.274 e. The van der Waals surface area contributed by atoms with Gasteiger partial charge in [0.15, 0.2) is 0 Å². The molecule has 0 bridgehead atoms. The molecule has 2 amide bonds. The number of rotatable bonds is 3. The number of carbonyl (C=O) groups excluding carboxylic acids is 2. The molecule has 26 heavy (non-hydrogen) atoms. The molecule has 2 aromatic carbocycles. The van der Waals surface area contributed by atoms with Crippen molar-refractivity contribution < 1.29 is 9.59 Å². The van der Waals surface area contributed by atoms with Gasteiger partial charge in [-0.25, -0.2) is 0 Å². The number of fused-ring (bicyclic) bond motifs is 1. The van der Waals surface area contributed by atoms with Crippen molar-refractivity contribution in [2.75, 3.05) is 4.90 Å². The van der Waals surface area contributed by atoms with Crippen LogP contribution in [0.1, 0.15) is 23.1 Å². The smallest absolute Gasteiger partial charge is 0.237 e. The Morgan fingerprint density at radius 1 is 1.04 bits per heavy atom. The maximum Gasteiger partial charge on any atom is 0.237 e. The Kier molecular flexibility index (Phi) is 4.03. The summed E-state index contributed by atoms with van der Waals surface area (Å²) in [5.41, 5.74) is 4.94. The van der Waals surface area contributed by atoms with Gasteiger partial charge in [-0.3, -0.25) is 19.5 Å². The Morgan fingerprint density at radius 3 is 2.58 bits per heavy atom. The van der Waals surface area contributed by atoms with Crippen molar-refractivity contribution in [1.82, 2.24) is 4.98 Å². The lowest BCUT2D eigenvalue weighted by atomic mass is 9.95. The van der Waals surface area contributed by atoms with Gasteiger partial charge in [-0.1, -0.05) is 35.4 Å². The fourth-order valence-corrected chi connectivity index (χ4v) is 3.80. The first-order valence-electron chi connectivity index (χ1n) is 8.80. The SMILES string of the molecule is Cc1cc(C)cc(C[C@@H]2CC(=O)N(c3ccc4ncccc4c3)C2=O)c1. The first-order valence-corrected chi connectivity index (χ1v) is 8.80. The number of anilines is 1. The van der Waals surface area contributed by atoms with Crippen LogP contribution in [0.2, 0.25) is 0 Å². The molecular weight excluding hydrogens is 324 g/mol. The number of carbonyl (C=O) groups is 2. The van der Waals surface area contributed by atoms with E-state index in [9.17, 15) is 9.59 Å². The molecule has 0 radical (unpaired) electrons. The van der Waals surface area contributed by atoms with Crippen LogP contribution in [0, 0.1) is 19.8 Å². The summed E-state index contributed by atoms with van der Waals surface area (Å²) in [6.07, 6.45) is 2.59. The summed E-state index contributed by atoms with van der Waals surface area (Å²) < 4.78 is 0. The lowest BCUT2D eigenvalue weighted by Gasteiger charge is -2.16. The van der Waals surface area contributed by atoms with Crippen LogP contribution in [-0.4, -0.2) is 16.8 Å².